The van der Waals surface area contributed by atoms with Crippen LogP contribution in [0.15, 0.2) is 54.6 Å². The lowest BCUT2D eigenvalue weighted by atomic mass is 10.1. The third-order valence-corrected chi connectivity index (χ3v) is 6.12. The summed E-state index contributed by atoms with van der Waals surface area (Å²) in [7, 11) is 0. The first kappa shape index (κ1) is 29.5. The number of nitrogens with zero attached hydrogens (tertiary/aromatic N) is 4. The summed E-state index contributed by atoms with van der Waals surface area (Å²) in [4.78, 5) is 31.1. The highest BCUT2D eigenvalue weighted by Gasteiger charge is 2.33. The van der Waals surface area contributed by atoms with Crippen molar-refractivity contribution in [2.75, 3.05) is 18.4 Å². The zero-order valence-corrected chi connectivity index (χ0v) is 24.4. The van der Waals surface area contributed by atoms with Crippen molar-refractivity contribution in [2.45, 2.75) is 71.6 Å². The number of aromatic nitrogens is 2. The average Bonchev–Trinajstić information content (AvgIpc) is 3.25. The summed E-state index contributed by atoms with van der Waals surface area (Å²) >= 11 is 0. The Kier molecular flexibility index (Phi) is 8.57. The van der Waals surface area contributed by atoms with Crippen molar-refractivity contribution in [3.05, 3.63) is 66.0 Å². The molecule has 2 heterocycles. The monoisotopic (exact) mass is 559 g/mol. The van der Waals surface area contributed by atoms with Crippen LogP contribution in [-0.4, -0.2) is 51.2 Å². The minimum Gasteiger partial charge on any atom is -0.457 e. The molecule has 0 bridgehead atoms. The van der Waals surface area contributed by atoms with E-state index in [0.29, 0.717) is 48.7 Å². The predicted octanol–water partition coefficient (Wildman–Crippen LogP) is 7.81. The minimum absolute atomic E-state index is 0.182. The summed E-state index contributed by atoms with van der Waals surface area (Å²) in [5.41, 5.74) is -0.0842. The van der Waals surface area contributed by atoms with Crippen LogP contribution in [0.25, 0.3) is 16.1 Å². The molecule has 0 spiro atoms. The normalized spacial score (nSPS) is 15.5. The van der Waals surface area contributed by atoms with Gasteiger partial charge in [-0.3, -0.25) is 10.00 Å². The molecule has 2 amide bonds. The lowest BCUT2D eigenvalue weighted by molar-refractivity contribution is 0.0167. The fourth-order valence-electron chi connectivity index (χ4n) is 4.46. The van der Waals surface area contributed by atoms with Gasteiger partial charge in [-0.25, -0.2) is 14.4 Å². The van der Waals surface area contributed by atoms with E-state index in [0.717, 1.165) is 0 Å². The highest BCUT2D eigenvalue weighted by Crippen LogP contribution is 2.40. The zero-order chi connectivity index (χ0) is 29.8. The van der Waals surface area contributed by atoms with Gasteiger partial charge in [0.25, 0.3) is 5.69 Å². The van der Waals surface area contributed by atoms with Gasteiger partial charge < -0.3 is 19.1 Å². The van der Waals surface area contributed by atoms with E-state index in [1.807, 2.05) is 63.2 Å². The van der Waals surface area contributed by atoms with Gasteiger partial charge in [0.15, 0.2) is 0 Å². The van der Waals surface area contributed by atoms with Crippen molar-refractivity contribution in [3.63, 3.8) is 0 Å². The molecule has 1 N–H and O–H groups in total. The van der Waals surface area contributed by atoms with Gasteiger partial charge in [0.05, 0.1) is 12.6 Å². The zero-order valence-electron chi connectivity index (χ0n) is 24.4. The lowest BCUT2D eigenvalue weighted by Crippen LogP contribution is -2.43. The molecule has 1 atom stereocenters. The SMILES string of the molecule is [C-]#[N+]c1c(-c2ccc(Oc3ccccc3)cc2)nn(C2CCCN(C(=O)OC(C)(C)C)C2)c1NC(=O)OC(C)(C)C. The molecule has 1 fully saturated rings. The minimum atomic E-state index is -0.733. The summed E-state index contributed by atoms with van der Waals surface area (Å²) in [6.45, 7) is 19.6. The number of nitrogens with one attached hydrogen (secondary N) is 1. The average molecular weight is 560 g/mol. The van der Waals surface area contributed by atoms with E-state index >= 15 is 0 Å². The Morgan fingerprint density at radius 1 is 0.951 bits per heavy atom. The Morgan fingerprint density at radius 2 is 1.59 bits per heavy atom. The van der Waals surface area contributed by atoms with Crippen molar-refractivity contribution in [1.82, 2.24) is 14.7 Å². The molecule has 10 heteroatoms. The van der Waals surface area contributed by atoms with E-state index in [4.69, 9.17) is 25.9 Å². The van der Waals surface area contributed by atoms with E-state index in [1.165, 1.54) is 0 Å². The second kappa shape index (κ2) is 11.9. The summed E-state index contributed by atoms with van der Waals surface area (Å²) in [5.74, 6) is 1.57. The number of carbonyl (C=O) groups excluding carboxylic acids is 2. The van der Waals surface area contributed by atoms with Crippen molar-refractivity contribution >= 4 is 23.7 Å². The highest BCUT2D eigenvalue weighted by molar-refractivity contribution is 5.93. The number of hydrogen-bond donors (Lipinski definition) is 1. The maximum atomic E-state index is 12.8. The number of likely N-dealkylation sites (tertiary alicyclic amines) is 1. The van der Waals surface area contributed by atoms with E-state index in [-0.39, 0.29) is 17.5 Å². The van der Waals surface area contributed by atoms with Crippen LogP contribution in [0.3, 0.4) is 0 Å². The van der Waals surface area contributed by atoms with Crippen molar-refractivity contribution in [3.8, 4) is 22.8 Å². The molecule has 0 radical (unpaired) electrons. The highest BCUT2D eigenvalue weighted by atomic mass is 16.6. The first-order valence-corrected chi connectivity index (χ1v) is 13.6. The lowest BCUT2D eigenvalue weighted by Gasteiger charge is -2.34. The van der Waals surface area contributed by atoms with Gasteiger partial charge in [-0.05, 0) is 84.2 Å². The summed E-state index contributed by atoms with van der Waals surface area (Å²) in [6, 6.07) is 16.4. The maximum absolute atomic E-state index is 12.8. The van der Waals surface area contributed by atoms with E-state index in [2.05, 4.69) is 10.2 Å². The quantitative estimate of drug-likeness (QED) is 0.320. The second-order valence-electron chi connectivity index (χ2n) is 11.9. The molecular formula is C31H37N5O5. The van der Waals surface area contributed by atoms with Crippen LogP contribution in [0.5, 0.6) is 11.5 Å². The van der Waals surface area contributed by atoms with Crippen LogP contribution in [0.2, 0.25) is 0 Å². The van der Waals surface area contributed by atoms with Crippen molar-refractivity contribution in [1.29, 1.82) is 0 Å². The van der Waals surface area contributed by atoms with E-state index < -0.39 is 23.4 Å². The van der Waals surface area contributed by atoms with Crippen LogP contribution in [-0.2, 0) is 9.47 Å². The molecule has 0 saturated carbocycles. The van der Waals surface area contributed by atoms with Crippen molar-refractivity contribution in [2.24, 2.45) is 0 Å². The predicted molar refractivity (Wildman–Crippen MR) is 156 cm³/mol. The number of amides is 2. The van der Waals surface area contributed by atoms with Gasteiger partial charge in [-0.2, -0.15) is 5.10 Å². The number of hydrogen-bond acceptors (Lipinski definition) is 6. The number of carbonyl (C=O) groups is 2. The molecule has 3 aromatic rings. The number of benzene rings is 2. The second-order valence-corrected chi connectivity index (χ2v) is 11.9. The number of rotatable bonds is 5. The molecular weight excluding hydrogens is 522 g/mol. The Labute approximate surface area is 241 Å². The van der Waals surface area contributed by atoms with Gasteiger partial charge in [0, 0.05) is 13.1 Å². The Bertz CT molecular complexity index is 1410. The molecule has 1 unspecified atom stereocenters. The van der Waals surface area contributed by atoms with Gasteiger partial charge in [0.1, 0.15) is 34.2 Å². The molecule has 2 aromatic carbocycles. The Hall–Kier alpha value is -4.52. The third kappa shape index (κ3) is 7.78. The van der Waals surface area contributed by atoms with Gasteiger partial charge >= 0.3 is 12.2 Å². The molecule has 10 nitrogen and oxygen atoms in total. The fourth-order valence-corrected chi connectivity index (χ4v) is 4.46. The first-order chi connectivity index (χ1) is 19.3. The Morgan fingerprint density at radius 3 is 2.20 bits per heavy atom. The maximum Gasteiger partial charge on any atom is 0.412 e. The standard InChI is InChI=1S/C31H37N5O5/c1-30(2,3)40-28(37)33-27-26(32-7)25(21-15-17-24(18-16-21)39-23-13-9-8-10-14-23)34-36(27)22-12-11-19-35(20-22)29(38)41-31(4,5)6/h8-10,13-18,22H,11-12,19-20H2,1-6H3,(H,33,37). The summed E-state index contributed by atoms with van der Waals surface area (Å²) < 4.78 is 18.6. The summed E-state index contributed by atoms with van der Waals surface area (Å²) in [5, 5.41) is 7.59. The molecule has 1 aliphatic heterocycles. The Balaban J connectivity index is 1.68. The topological polar surface area (TPSA) is 99.3 Å². The summed E-state index contributed by atoms with van der Waals surface area (Å²) in [6.07, 6.45) is 0.311. The van der Waals surface area contributed by atoms with Gasteiger partial charge in [-0.1, -0.05) is 30.3 Å². The molecule has 0 aliphatic carbocycles. The molecule has 1 saturated heterocycles. The van der Waals surface area contributed by atoms with Crippen LogP contribution in [0.1, 0.15) is 60.4 Å². The molecule has 1 aromatic heterocycles. The molecule has 41 heavy (non-hydrogen) atoms. The molecule has 4 rings (SSSR count). The van der Waals surface area contributed by atoms with Crippen molar-refractivity contribution < 1.29 is 23.8 Å². The van der Waals surface area contributed by atoms with Crippen LogP contribution in [0.4, 0.5) is 21.1 Å². The molecule has 1 aliphatic rings. The van der Waals surface area contributed by atoms with Gasteiger partial charge in [0.2, 0.25) is 0 Å². The van der Waals surface area contributed by atoms with Crippen LogP contribution in [0, 0.1) is 6.57 Å². The largest absolute Gasteiger partial charge is 0.457 e. The van der Waals surface area contributed by atoms with E-state index in [9.17, 15) is 9.59 Å². The van der Waals surface area contributed by atoms with Gasteiger partial charge in [-0.15, -0.1) is 0 Å². The fraction of sp³-hybridized carbons (Fsp3) is 0.419. The van der Waals surface area contributed by atoms with Crippen LogP contribution >= 0.6 is 0 Å². The van der Waals surface area contributed by atoms with E-state index in [1.54, 1.807) is 42.5 Å². The number of para-hydroxylation sites is 1. The number of piperidine rings is 1. The first-order valence-electron chi connectivity index (χ1n) is 13.6. The smallest absolute Gasteiger partial charge is 0.412 e. The number of ether oxygens (including phenoxy) is 3. The van der Waals surface area contributed by atoms with Crippen LogP contribution < -0.4 is 10.1 Å². The third-order valence-electron chi connectivity index (χ3n) is 6.12. The number of anilines is 1. The molecule has 216 valence electrons.